The highest BCUT2D eigenvalue weighted by molar-refractivity contribution is 7.22. The Morgan fingerprint density at radius 2 is 2.35 bits per heavy atom. The molecule has 0 bridgehead atoms. The minimum absolute atomic E-state index is 0.122. The fourth-order valence-corrected chi connectivity index (χ4v) is 3.24. The molecule has 1 aromatic heterocycles. The van der Waals surface area contributed by atoms with Crippen molar-refractivity contribution in [3.05, 3.63) is 24.0 Å². The molecule has 1 saturated heterocycles. The molecule has 0 aliphatic carbocycles. The van der Waals surface area contributed by atoms with Gasteiger partial charge in [0.15, 0.2) is 5.13 Å². The summed E-state index contributed by atoms with van der Waals surface area (Å²) in [6.45, 7) is 0.258. The van der Waals surface area contributed by atoms with Crippen LogP contribution in [-0.4, -0.2) is 30.5 Å². The van der Waals surface area contributed by atoms with E-state index in [0.717, 1.165) is 0 Å². The van der Waals surface area contributed by atoms with Crippen molar-refractivity contribution in [3.63, 3.8) is 0 Å². The number of aromatic nitrogens is 1. The van der Waals surface area contributed by atoms with Crippen molar-refractivity contribution in [2.24, 2.45) is 5.92 Å². The van der Waals surface area contributed by atoms with E-state index in [9.17, 15) is 14.0 Å². The molecule has 104 valence electrons. The lowest BCUT2D eigenvalue weighted by atomic mass is 10.1. The predicted octanol–water partition coefficient (Wildman–Crippen LogP) is 1.96. The predicted molar refractivity (Wildman–Crippen MR) is 72.1 cm³/mol. The number of thiazole rings is 1. The molecule has 0 radical (unpaired) electrons. The number of benzene rings is 1. The Balaban J connectivity index is 1.91. The molecule has 1 unspecified atom stereocenters. The third kappa shape index (κ3) is 2.14. The Hall–Kier alpha value is -2.02. The standard InChI is InChI=1S/C13H11FN2O3S/c1-19-12(18)7-4-11(17)16(6-7)13-15-9-3-2-8(14)5-10(9)20-13/h2-3,5,7H,4,6H2,1H3. The number of hydrogen-bond donors (Lipinski definition) is 0. The largest absolute Gasteiger partial charge is 0.469 e. The number of anilines is 1. The molecule has 1 atom stereocenters. The van der Waals surface area contributed by atoms with Gasteiger partial charge in [0.2, 0.25) is 5.91 Å². The maximum Gasteiger partial charge on any atom is 0.311 e. The first kappa shape index (κ1) is 13.0. The minimum Gasteiger partial charge on any atom is -0.469 e. The first-order valence-electron chi connectivity index (χ1n) is 6.03. The van der Waals surface area contributed by atoms with Crippen LogP contribution in [0.3, 0.4) is 0 Å². The summed E-state index contributed by atoms with van der Waals surface area (Å²) in [5.74, 6) is -1.36. The number of methoxy groups -OCH3 is 1. The van der Waals surface area contributed by atoms with Crippen molar-refractivity contribution < 1.29 is 18.7 Å². The van der Waals surface area contributed by atoms with Crippen molar-refractivity contribution in [1.29, 1.82) is 0 Å². The van der Waals surface area contributed by atoms with Crippen LogP contribution in [0.4, 0.5) is 9.52 Å². The molecule has 1 fully saturated rings. The Kier molecular flexibility index (Phi) is 3.13. The highest BCUT2D eigenvalue weighted by Crippen LogP contribution is 2.33. The number of halogens is 1. The van der Waals surface area contributed by atoms with E-state index in [1.54, 1.807) is 6.07 Å². The Bertz CT molecular complexity index is 700. The summed E-state index contributed by atoms with van der Waals surface area (Å²) in [7, 11) is 1.30. The van der Waals surface area contributed by atoms with E-state index < -0.39 is 11.9 Å². The topological polar surface area (TPSA) is 59.5 Å². The smallest absolute Gasteiger partial charge is 0.311 e. The van der Waals surface area contributed by atoms with Crippen LogP contribution in [-0.2, 0) is 14.3 Å². The van der Waals surface area contributed by atoms with Crippen LogP contribution in [0.5, 0.6) is 0 Å². The zero-order valence-electron chi connectivity index (χ0n) is 10.6. The van der Waals surface area contributed by atoms with Crippen LogP contribution >= 0.6 is 11.3 Å². The Morgan fingerprint density at radius 1 is 1.55 bits per heavy atom. The molecule has 1 aliphatic heterocycles. The van der Waals surface area contributed by atoms with Gasteiger partial charge < -0.3 is 4.74 Å². The fourth-order valence-electron chi connectivity index (χ4n) is 2.22. The molecule has 3 rings (SSSR count). The van der Waals surface area contributed by atoms with Gasteiger partial charge >= 0.3 is 5.97 Å². The summed E-state index contributed by atoms with van der Waals surface area (Å²) in [6, 6.07) is 4.28. The number of hydrogen-bond acceptors (Lipinski definition) is 5. The second-order valence-electron chi connectivity index (χ2n) is 4.54. The SMILES string of the molecule is COC(=O)C1CC(=O)N(c2nc3ccc(F)cc3s2)C1. The molecule has 2 heterocycles. The number of fused-ring (bicyclic) bond motifs is 1. The highest BCUT2D eigenvalue weighted by atomic mass is 32.1. The van der Waals surface area contributed by atoms with Gasteiger partial charge in [0.1, 0.15) is 5.82 Å². The maximum atomic E-state index is 13.2. The molecule has 2 aromatic rings. The molecule has 0 saturated carbocycles. The zero-order valence-corrected chi connectivity index (χ0v) is 11.4. The van der Waals surface area contributed by atoms with Crippen LogP contribution in [0.1, 0.15) is 6.42 Å². The van der Waals surface area contributed by atoms with Gasteiger partial charge in [-0.1, -0.05) is 11.3 Å². The quantitative estimate of drug-likeness (QED) is 0.794. The summed E-state index contributed by atoms with van der Waals surface area (Å²) in [5.41, 5.74) is 0.640. The fraction of sp³-hybridized carbons (Fsp3) is 0.308. The average molecular weight is 294 g/mol. The number of esters is 1. The number of carbonyl (C=O) groups is 2. The van der Waals surface area contributed by atoms with E-state index in [1.807, 2.05) is 0 Å². The van der Waals surface area contributed by atoms with Crippen LogP contribution in [0.15, 0.2) is 18.2 Å². The lowest BCUT2D eigenvalue weighted by Crippen LogP contribution is -2.25. The van der Waals surface area contributed by atoms with Crippen LogP contribution in [0.25, 0.3) is 10.2 Å². The van der Waals surface area contributed by atoms with Crippen molar-refractivity contribution >= 4 is 38.6 Å². The molecule has 1 aromatic carbocycles. The normalized spacial score (nSPS) is 18.8. The average Bonchev–Trinajstić information content (AvgIpc) is 3.00. The van der Waals surface area contributed by atoms with E-state index in [2.05, 4.69) is 9.72 Å². The van der Waals surface area contributed by atoms with E-state index in [4.69, 9.17) is 0 Å². The molecule has 1 aliphatic rings. The monoisotopic (exact) mass is 294 g/mol. The van der Waals surface area contributed by atoms with Gasteiger partial charge in [-0.3, -0.25) is 14.5 Å². The van der Waals surface area contributed by atoms with Gasteiger partial charge in [-0.05, 0) is 18.2 Å². The number of rotatable bonds is 2. The van der Waals surface area contributed by atoms with Gasteiger partial charge in [-0.15, -0.1) is 0 Å². The van der Waals surface area contributed by atoms with Gasteiger partial charge in [-0.2, -0.15) is 0 Å². The van der Waals surface area contributed by atoms with Crippen molar-refractivity contribution in [2.45, 2.75) is 6.42 Å². The summed E-state index contributed by atoms with van der Waals surface area (Å²) in [5, 5.41) is 0.488. The third-order valence-corrected chi connectivity index (χ3v) is 4.27. The molecule has 5 nitrogen and oxygen atoms in total. The lowest BCUT2D eigenvalue weighted by Gasteiger charge is -2.11. The highest BCUT2D eigenvalue weighted by Gasteiger charge is 2.37. The Labute approximate surface area is 118 Å². The maximum absolute atomic E-state index is 13.2. The second-order valence-corrected chi connectivity index (χ2v) is 5.55. The molecule has 0 spiro atoms. The minimum atomic E-state index is -0.462. The first-order valence-corrected chi connectivity index (χ1v) is 6.84. The number of nitrogens with zero attached hydrogens (tertiary/aromatic N) is 2. The van der Waals surface area contributed by atoms with Crippen molar-refractivity contribution in [3.8, 4) is 0 Å². The summed E-state index contributed by atoms with van der Waals surface area (Å²) in [4.78, 5) is 29.2. The van der Waals surface area contributed by atoms with Gasteiger partial charge in [0.05, 0.1) is 23.2 Å². The second kappa shape index (κ2) is 4.82. The summed E-state index contributed by atoms with van der Waals surface area (Å²) < 4.78 is 18.5. The molecule has 20 heavy (non-hydrogen) atoms. The van der Waals surface area contributed by atoms with Crippen LogP contribution in [0, 0.1) is 11.7 Å². The van der Waals surface area contributed by atoms with E-state index in [-0.39, 0.29) is 24.7 Å². The van der Waals surface area contributed by atoms with E-state index in [0.29, 0.717) is 15.3 Å². The summed E-state index contributed by atoms with van der Waals surface area (Å²) >= 11 is 1.24. The molecular weight excluding hydrogens is 283 g/mol. The molecular formula is C13H11FN2O3S. The Morgan fingerprint density at radius 3 is 3.10 bits per heavy atom. The van der Waals surface area contributed by atoms with Crippen LogP contribution in [0.2, 0.25) is 0 Å². The van der Waals surface area contributed by atoms with Crippen molar-refractivity contribution in [1.82, 2.24) is 4.98 Å². The van der Waals surface area contributed by atoms with Gasteiger partial charge in [-0.25, -0.2) is 9.37 Å². The molecule has 1 amide bonds. The lowest BCUT2D eigenvalue weighted by molar-refractivity contribution is -0.145. The molecule has 0 N–H and O–H groups in total. The first-order chi connectivity index (χ1) is 9.58. The van der Waals surface area contributed by atoms with Crippen molar-refractivity contribution in [2.75, 3.05) is 18.6 Å². The number of amides is 1. The van der Waals surface area contributed by atoms with Crippen LogP contribution < -0.4 is 4.90 Å². The third-order valence-electron chi connectivity index (χ3n) is 3.23. The molecule has 7 heteroatoms. The van der Waals surface area contributed by atoms with E-state index >= 15 is 0 Å². The number of carbonyl (C=O) groups excluding carboxylic acids is 2. The van der Waals surface area contributed by atoms with E-state index in [1.165, 1.54) is 35.5 Å². The number of ether oxygens (including phenoxy) is 1. The summed E-state index contributed by atoms with van der Waals surface area (Å²) in [6.07, 6.45) is 0.122. The zero-order chi connectivity index (χ0) is 14.3. The van der Waals surface area contributed by atoms with Gasteiger partial charge in [0, 0.05) is 13.0 Å². The van der Waals surface area contributed by atoms with Gasteiger partial charge in [0.25, 0.3) is 0 Å².